The van der Waals surface area contributed by atoms with Crippen LogP contribution in [0.25, 0.3) is 0 Å². The quantitative estimate of drug-likeness (QED) is 0.848. The molecular formula is C13H18FNO. The Labute approximate surface area is 95.7 Å². The average Bonchev–Trinajstić information content (AvgIpc) is 2.19. The molecule has 16 heavy (non-hydrogen) atoms. The number of nitrogens with zero attached hydrogens (tertiary/aromatic N) is 1. The van der Waals surface area contributed by atoms with E-state index in [9.17, 15) is 9.50 Å². The lowest BCUT2D eigenvalue weighted by molar-refractivity contribution is -0.103. The van der Waals surface area contributed by atoms with Crippen molar-refractivity contribution < 1.29 is 9.50 Å². The summed E-state index contributed by atoms with van der Waals surface area (Å²) in [4.78, 5) is 2.18. The van der Waals surface area contributed by atoms with Crippen molar-refractivity contribution in [2.75, 3.05) is 13.1 Å². The van der Waals surface area contributed by atoms with Crippen LogP contribution in [0.2, 0.25) is 0 Å². The van der Waals surface area contributed by atoms with Gasteiger partial charge in [-0.25, -0.2) is 4.39 Å². The van der Waals surface area contributed by atoms with Gasteiger partial charge in [0.2, 0.25) is 0 Å². The standard InChI is InChI=1S/C13H18FNO/c1-3-13(16)8-15(9-13)7-11-4-5-12(14)6-10(11)2/h4-6,16H,3,7-9H2,1-2H3. The van der Waals surface area contributed by atoms with E-state index in [2.05, 4.69) is 4.90 Å². The third-order valence-corrected chi connectivity index (χ3v) is 3.39. The van der Waals surface area contributed by atoms with E-state index in [1.54, 1.807) is 6.07 Å². The molecule has 1 saturated heterocycles. The molecule has 0 spiro atoms. The maximum atomic E-state index is 12.9. The summed E-state index contributed by atoms with van der Waals surface area (Å²) < 4.78 is 12.9. The molecule has 1 aliphatic heterocycles. The van der Waals surface area contributed by atoms with Crippen molar-refractivity contribution in [1.29, 1.82) is 0 Å². The molecular weight excluding hydrogens is 205 g/mol. The molecule has 1 aliphatic rings. The van der Waals surface area contributed by atoms with Gasteiger partial charge in [0.05, 0.1) is 5.60 Å². The lowest BCUT2D eigenvalue weighted by Gasteiger charge is -2.46. The third-order valence-electron chi connectivity index (χ3n) is 3.39. The minimum atomic E-state index is -0.492. The molecule has 2 nitrogen and oxygen atoms in total. The molecule has 0 bridgehead atoms. The first kappa shape index (κ1) is 11.6. The molecule has 0 aromatic heterocycles. The molecule has 0 amide bonds. The van der Waals surface area contributed by atoms with Crippen molar-refractivity contribution in [1.82, 2.24) is 4.90 Å². The van der Waals surface area contributed by atoms with Gasteiger partial charge >= 0.3 is 0 Å². The summed E-state index contributed by atoms with van der Waals surface area (Å²) in [5.41, 5.74) is 1.62. The lowest BCUT2D eigenvalue weighted by atomic mass is 9.90. The molecule has 1 aromatic rings. The molecule has 0 radical (unpaired) electrons. The number of rotatable bonds is 3. The van der Waals surface area contributed by atoms with Crippen molar-refractivity contribution in [2.45, 2.75) is 32.4 Å². The number of likely N-dealkylation sites (tertiary alicyclic amines) is 1. The Kier molecular flexibility index (Phi) is 3.00. The highest BCUT2D eigenvalue weighted by molar-refractivity contribution is 5.26. The fraction of sp³-hybridized carbons (Fsp3) is 0.538. The first-order chi connectivity index (χ1) is 7.52. The number of halogens is 1. The Morgan fingerprint density at radius 1 is 1.44 bits per heavy atom. The first-order valence-electron chi connectivity index (χ1n) is 5.72. The van der Waals surface area contributed by atoms with Crippen LogP contribution in [-0.4, -0.2) is 28.7 Å². The van der Waals surface area contributed by atoms with Gasteiger partial charge in [-0.2, -0.15) is 0 Å². The zero-order chi connectivity index (χ0) is 11.8. The summed E-state index contributed by atoms with van der Waals surface area (Å²) in [6.45, 7) is 6.17. The number of benzene rings is 1. The molecule has 1 N–H and O–H groups in total. The van der Waals surface area contributed by atoms with E-state index in [0.29, 0.717) is 0 Å². The van der Waals surface area contributed by atoms with E-state index in [4.69, 9.17) is 0 Å². The lowest BCUT2D eigenvalue weighted by Crippen LogP contribution is -2.60. The Hall–Kier alpha value is -0.930. The van der Waals surface area contributed by atoms with Crippen molar-refractivity contribution in [2.24, 2.45) is 0 Å². The van der Waals surface area contributed by atoms with Gasteiger partial charge in [0, 0.05) is 19.6 Å². The van der Waals surface area contributed by atoms with Crippen molar-refractivity contribution in [3.05, 3.63) is 35.1 Å². The SMILES string of the molecule is CCC1(O)CN(Cc2ccc(F)cc2C)C1. The highest BCUT2D eigenvalue weighted by atomic mass is 19.1. The van der Waals surface area contributed by atoms with Crippen LogP contribution in [0.4, 0.5) is 4.39 Å². The normalized spacial score (nSPS) is 19.5. The second-order valence-corrected chi connectivity index (χ2v) is 4.79. The van der Waals surface area contributed by atoms with Crippen LogP contribution in [-0.2, 0) is 6.54 Å². The fourth-order valence-corrected chi connectivity index (χ4v) is 2.20. The van der Waals surface area contributed by atoms with Crippen LogP contribution in [0.1, 0.15) is 24.5 Å². The first-order valence-corrected chi connectivity index (χ1v) is 5.72. The van der Waals surface area contributed by atoms with Crippen molar-refractivity contribution in [3.63, 3.8) is 0 Å². The van der Waals surface area contributed by atoms with Crippen LogP contribution in [0.3, 0.4) is 0 Å². The van der Waals surface area contributed by atoms with Gasteiger partial charge in [-0.1, -0.05) is 13.0 Å². The van der Waals surface area contributed by atoms with Crippen LogP contribution >= 0.6 is 0 Å². The Morgan fingerprint density at radius 3 is 2.69 bits per heavy atom. The van der Waals surface area contributed by atoms with Crippen LogP contribution in [0, 0.1) is 12.7 Å². The van der Waals surface area contributed by atoms with Crippen molar-refractivity contribution in [3.8, 4) is 0 Å². The van der Waals surface area contributed by atoms with E-state index >= 15 is 0 Å². The zero-order valence-electron chi connectivity index (χ0n) is 9.83. The maximum absolute atomic E-state index is 12.9. The van der Waals surface area contributed by atoms with E-state index in [1.165, 1.54) is 6.07 Å². The van der Waals surface area contributed by atoms with E-state index in [1.807, 2.05) is 19.9 Å². The van der Waals surface area contributed by atoms with Gasteiger partial charge in [-0.05, 0) is 36.6 Å². The molecule has 0 aliphatic carbocycles. The molecule has 0 saturated carbocycles. The summed E-state index contributed by atoms with van der Waals surface area (Å²) in [5, 5.41) is 9.88. The molecule has 3 heteroatoms. The van der Waals surface area contributed by atoms with Gasteiger partial charge in [0.1, 0.15) is 5.82 Å². The number of aliphatic hydroxyl groups is 1. The fourth-order valence-electron chi connectivity index (χ4n) is 2.20. The largest absolute Gasteiger partial charge is 0.387 e. The van der Waals surface area contributed by atoms with Crippen molar-refractivity contribution >= 4 is 0 Å². The molecule has 1 aromatic carbocycles. The summed E-state index contributed by atoms with van der Waals surface area (Å²) in [6, 6.07) is 4.88. The predicted octanol–water partition coefficient (Wildman–Crippen LogP) is 2.09. The molecule has 2 rings (SSSR count). The Morgan fingerprint density at radius 2 is 2.12 bits per heavy atom. The topological polar surface area (TPSA) is 23.5 Å². The third kappa shape index (κ3) is 2.25. The van der Waals surface area contributed by atoms with E-state index in [0.717, 1.165) is 37.2 Å². The summed E-state index contributed by atoms with van der Waals surface area (Å²) in [7, 11) is 0. The van der Waals surface area contributed by atoms with Gasteiger partial charge in [-0.3, -0.25) is 4.90 Å². The molecule has 88 valence electrons. The minimum Gasteiger partial charge on any atom is -0.387 e. The van der Waals surface area contributed by atoms with Crippen LogP contribution < -0.4 is 0 Å². The summed E-state index contributed by atoms with van der Waals surface area (Å²) >= 11 is 0. The van der Waals surface area contributed by atoms with Gasteiger partial charge in [0.15, 0.2) is 0 Å². The summed E-state index contributed by atoms with van der Waals surface area (Å²) in [5.74, 6) is -0.185. The Balaban J connectivity index is 1.96. The molecule has 0 atom stereocenters. The number of hydrogen-bond acceptors (Lipinski definition) is 2. The highest BCUT2D eigenvalue weighted by Gasteiger charge is 2.39. The average molecular weight is 223 g/mol. The number of β-amino-alcohol motifs (C(OH)–C–C–N with tert-alkyl or cyclic N) is 1. The second kappa shape index (κ2) is 4.15. The predicted molar refractivity (Wildman–Crippen MR) is 61.7 cm³/mol. The highest BCUT2D eigenvalue weighted by Crippen LogP contribution is 2.26. The van der Waals surface area contributed by atoms with E-state index in [-0.39, 0.29) is 5.82 Å². The van der Waals surface area contributed by atoms with E-state index < -0.39 is 5.60 Å². The Bertz CT molecular complexity index is 386. The minimum absolute atomic E-state index is 0.185. The zero-order valence-corrected chi connectivity index (χ0v) is 9.83. The monoisotopic (exact) mass is 223 g/mol. The van der Waals surface area contributed by atoms with Gasteiger partial charge < -0.3 is 5.11 Å². The molecule has 1 fully saturated rings. The van der Waals surface area contributed by atoms with Crippen LogP contribution in [0.5, 0.6) is 0 Å². The number of hydrogen-bond donors (Lipinski definition) is 1. The molecule has 0 unspecified atom stereocenters. The maximum Gasteiger partial charge on any atom is 0.123 e. The van der Waals surface area contributed by atoms with Gasteiger partial charge in [-0.15, -0.1) is 0 Å². The summed E-state index contributed by atoms with van der Waals surface area (Å²) in [6.07, 6.45) is 0.798. The van der Waals surface area contributed by atoms with Crippen LogP contribution in [0.15, 0.2) is 18.2 Å². The number of aryl methyl sites for hydroxylation is 1. The molecule has 1 heterocycles. The van der Waals surface area contributed by atoms with Gasteiger partial charge in [0.25, 0.3) is 0 Å². The second-order valence-electron chi connectivity index (χ2n) is 4.79. The smallest absolute Gasteiger partial charge is 0.123 e.